The second-order valence-electron chi connectivity index (χ2n) is 4.17. The fourth-order valence-electron chi connectivity index (χ4n) is 1.95. The van der Waals surface area contributed by atoms with Crippen LogP contribution in [0.5, 0.6) is 0 Å². The molecule has 1 heterocycles. The molecule has 0 unspecified atom stereocenters. The SMILES string of the molecule is CCc1nc(-c2cccc(Cl)c2F)nc(NC)c1C. The monoisotopic (exact) mass is 279 g/mol. The lowest BCUT2D eigenvalue weighted by molar-refractivity contribution is 0.630. The summed E-state index contributed by atoms with van der Waals surface area (Å²) in [5.74, 6) is 0.574. The summed E-state index contributed by atoms with van der Waals surface area (Å²) in [6.07, 6.45) is 0.762. The molecule has 19 heavy (non-hydrogen) atoms. The normalized spacial score (nSPS) is 10.6. The molecule has 0 fully saturated rings. The first-order chi connectivity index (χ1) is 9.08. The maximum atomic E-state index is 14.0. The number of hydrogen-bond donors (Lipinski definition) is 1. The minimum absolute atomic E-state index is 0.0748. The summed E-state index contributed by atoms with van der Waals surface area (Å²) in [5.41, 5.74) is 2.20. The number of aryl methyl sites for hydroxylation is 1. The van der Waals surface area contributed by atoms with E-state index in [9.17, 15) is 4.39 Å². The number of anilines is 1. The molecule has 1 N–H and O–H groups in total. The summed E-state index contributed by atoms with van der Waals surface area (Å²) in [4.78, 5) is 8.77. The molecule has 1 aromatic heterocycles. The van der Waals surface area contributed by atoms with Crippen LogP contribution in [0.1, 0.15) is 18.2 Å². The van der Waals surface area contributed by atoms with Gasteiger partial charge in [-0.15, -0.1) is 0 Å². The highest BCUT2D eigenvalue weighted by Crippen LogP contribution is 2.27. The highest BCUT2D eigenvalue weighted by molar-refractivity contribution is 6.31. The largest absolute Gasteiger partial charge is 0.373 e. The van der Waals surface area contributed by atoms with E-state index >= 15 is 0 Å². The predicted molar refractivity (Wildman–Crippen MR) is 76.1 cm³/mol. The standard InChI is InChI=1S/C14H15ClFN3/c1-4-11-8(2)13(17-3)19-14(18-11)9-6-5-7-10(15)12(9)16/h5-7H,4H2,1-3H3,(H,17,18,19). The maximum absolute atomic E-state index is 14.0. The van der Waals surface area contributed by atoms with Crippen LogP contribution in [-0.4, -0.2) is 17.0 Å². The zero-order valence-corrected chi connectivity index (χ0v) is 11.8. The van der Waals surface area contributed by atoms with Gasteiger partial charge in [-0.1, -0.05) is 24.6 Å². The summed E-state index contributed by atoms with van der Waals surface area (Å²) in [5, 5.41) is 3.08. The fraction of sp³-hybridized carbons (Fsp3) is 0.286. The number of aromatic nitrogens is 2. The molecule has 0 amide bonds. The van der Waals surface area contributed by atoms with Crippen molar-refractivity contribution >= 4 is 17.4 Å². The topological polar surface area (TPSA) is 37.8 Å². The number of halogens is 2. The smallest absolute Gasteiger partial charge is 0.164 e. The van der Waals surface area contributed by atoms with Gasteiger partial charge in [0.25, 0.3) is 0 Å². The van der Waals surface area contributed by atoms with E-state index in [1.54, 1.807) is 19.2 Å². The Labute approximate surface area is 116 Å². The van der Waals surface area contributed by atoms with Crippen molar-refractivity contribution in [1.82, 2.24) is 9.97 Å². The minimum atomic E-state index is -0.489. The third-order valence-corrected chi connectivity index (χ3v) is 3.30. The van der Waals surface area contributed by atoms with E-state index in [1.165, 1.54) is 6.07 Å². The van der Waals surface area contributed by atoms with Gasteiger partial charge in [0.15, 0.2) is 11.6 Å². The molecule has 0 saturated heterocycles. The molecule has 2 rings (SSSR count). The van der Waals surface area contributed by atoms with E-state index in [0.29, 0.717) is 17.2 Å². The molecular weight excluding hydrogens is 265 g/mol. The average molecular weight is 280 g/mol. The van der Waals surface area contributed by atoms with E-state index < -0.39 is 5.82 Å². The van der Waals surface area contributed by atoms with E-state index in [1.807, 2.05) is 13.8 Å². The van der Waals surface area contributed by atoms with Crippen LogP contribution in [0.2, 0.25) is 5.02 Å². The van der Waals surface area contributed by atoms with Gasteiger partial charge in [0, 0.05) is 18.3 Å². The van der Waals surface area contributed by atoms with Crippen LogP contribution in [0.4, 0.5) is 10.2 Å². The van der Waals surface area contributed by atoms with Crippen molar-refractivity contribution in [3.05, 3.63) is 40.3 Å². The van der Waals surface area contributed by atoms with Crippen molar-refractivity contribution in [1.29, 1.82) is 0 Å². The Morgan fingerprint density at radius 1 is 1.32 bits per heavy atom. The molecular formula is C14H15ClFN3. The summed E-state index contributed by atoms with van der Waals surface area (Å²) in [6, 6.07) is 4.83. The van der Waals surface area contributed by atoms with E-state index in [0.717, 1.165) is 17.7 Å². The lowest BCUT2D eigenvalue weighted by Crippen LogP contribution is -2.05. The first-order valence-corrected chi connectivity index (χ1v) is 6.46. The third-order valence-electron chi connectivity index (χ3n) is 3.01. The Hall–Kier alpha value is -1.68. The van der Waals surface area contributed by atoms with E-state index in [-0.39, 0.29) is 5.02 Å². The predicted octanol–water partition coefficient (Wildman–Crippen LogP) is 3.85. The molecule has 3 nitrogen and oxygen atoms in total. The molecule has 0 aliphatic rings. The Morgan fingerprint density at radius 3 is 2.68 bits per heavy atom. The van der Waals surface area contributed by atoms with Crippen LogP contribution >= 0.6 is 11.6 Å². The second-order valence-corrected chi connectivity index (χ2v) is 4.58. The van der Waals surface area contributed by atoms with Crippen LogP contribution < -0.4 is 5.32 Å². The summed E-state index contributed by atoms with van der Waals surface area (Å²) in [6.45, 7) is 3.95. The summed E-state index contributed by atoms with van der Waals surface area (Å²) >= 11 is 5.80. The van der Waals surface area contributed by atoms with Crippen molar-refractivity contribution < 1.29 is 4.39 Å². The third kappa shape index (κ3) is 2.54. The highest BCUT2D eigenvalue weighted by atomic mass is 35.5. The molecule has 0 aliphatic heterocycles. The maximum Gasteiger partial charge on any atom is 0.164 e. The van der Waals surface area contributed by atoms with Gasteiger partial charge in [0.1, 0.15) is 5.82 Å². The number of benzene rings is 1. The molecule has 0 atom stereocenters. The van der Waals surface area contributed by atoms with E-state index in [2.05, 4.69) is 15.3 Å². The first kappa shape index (κ1) is 13.7. The molecule has 0 aliphatic carbocycles. The van der Waals surface area contributed by atoms with Gasteiger partial charge in [0.2, 0.25) is 0 Å². The molecule has 0 bridgehead atoms. The van der Waals surface area contributed by atoms with Gasteiger partial charge < -0.3 is 5.32 Å². The van der Waals surface area contributed by atoms with Crippen LogP contribution in [-0.2, 0) is 6.42 Å². The lowest BCUT2D eigenvalue weighted by Gasteiger charge is -2.11. The first-order valence-electron chi connectivity index (χ1n) is 6.08. The number of hydrogen-bond acceptors (Lipinski definition) is 3. The number of rotatable bonds is 3. The molecule has 0 radical (unpaired) electrons. The van der Waals surface area contributed by atoms with E-state index in [4.69, 9.17) is 11.6 Å². The Balaban J connectivity index is 2.65. The van der Waals surface area contributed by atoms with Crippen LogP contribution in [0, 0.1) is 12.7 Å². The Morgan fingerprint density at radius 2 is 2.05 bits per heavy atom. The number of nitrogens with one attached hydrogen (secondary N) is 1. The lowest BCUT2D eigenvalue weighted by atomic mass is 10.1. The minimum Gasteiger partial charge on any atom is -0.373 e. The molecule has 0 saturated carbocycles. The van der Waals surface area contributed by atoms with Crippen molar-refractivity contribution in [2.75, 3.05) is 12.4 Å². The van der Waals surface area contributed by atoms with Crippen molar-refractivity contribution in [3.8, 4) is 11.4 Å². The fourth-order valence-corrected chi connectivity index (χ4v) is 2.12. The van der Waals surface area contributed by atoms with Crippen LogP contribution in [0.25, 0.3) is 11.4 Å². The average Bonchev–Trinajstić information content (AvgIpc) is 2.42. The van der Waals surface area contributed by atoms with Crippen LogP contribution in [0.15, 0.2) is 18.2 Å². The van der Waals surface area contributed by atoms with Crippen molar-refractivity contribution in [2.45, 2.75) is 20.3 Å². The summed E-state index contributed by atoms with van der Waals surface area (Å²) < 4.78 is 14.0. The van der Waals surface area contributed by atoms with Gasteiger partial charge in [-0.05, 0) is 25.5 Å². The van der Waals surface area contributed by atoms with Crippen molar-refractivity contribution in [2.24, 2.45) is 0 Å². The Bertz CT molecular complexity index is 589. The van der Waals surface area contributed by atoms with Gasteiger partial charge in [-0.25, -0.2) is 14.4 Å². The van der Waals surface area contributed by atoms with Crippen LogP contribution in [0.3, 0.4) is 0 Å². The van der Waals surface area contributed by atoms with Gasteiger partial charge in [0.05, 0.1) is 10.6 Å². The van der Waals surface area contributed by atoms with Gasteiger partial charge >= 0.3 is 0 Å². The Kier molecular flexibility index (Phi) is 4.00. The molecule has 100 valence electrons. The zero-order valence-electron chi connectivity index (χ0n) is 11.1. The van der Waals surface area contributed by atoms with Crippen molar-refractivity contribution in [3.63, 3.8) is 0 Å². The number of nitrogens with zero attached hydrogens (tertiary/aromatic N) is 2. The molecule has 5 heteroatoms. The summed E-state index contributed by atoms with van der Waals surface area (Å²) in [7, 11) is 1.78. The zero-order chi connectivity index (χ0) is 14.0. The van der Waals surface area contributed by atoms with Gasteiger partial charge in [-0.2, -0.15) is 0 Å². The molecule has 0 spiro atoms. The molecule has 1 aromatic carbocycles. The molecule has 2 aromatic rings. The second kappa shape index (κ2) is 5.53. The van der Waals surface area contributed by atoms with Gasteiger partial charge in [-0.3, -0.25) is 0 Å². The quantitative estimate of drug-likeness (QED) is 0.927. The highest BCUT2D eigenvalue weighted by Gasteiger charge is 2.14.